The minimum Gasteiger partial charge on any atom is -0.473 e. The van der Waals surface area contributed by atoms with Crippen molar-refractivity contribution in [1.29, 1.82) is 0 Å². The van der Waals surface area contributed by atoms with E-state index in [4.69, 9.17) is 4.74 Å². The predicted octanol–water partition coefficient (Wildman–Crippen LogP) is 3.65. The smallest absolute Gasteiger partial charge is 0.320 e. The second kappa shape index (κ2) is 9.26. The third-order valence-electron chi connectivity index (χ3n) is 4.68. The highest BCUT2D eigenvalue weighted by Crippen LogP contribution is 2.20. The molecule has 0 unspecified atom stereocenters. The summed E-state index contributed by atoms with van der Waals surface area (Å²) in [4.78, 5) is 16.0. The maximum absolute atomic E-state index is 13.9. The van der Waals surface area contributed by atoms with Gasteiger partial charge in [-0.1, -0.05) is 37.6 Å². The van der Waals surface area contributed by atoms with Gasteiger partial charge in [-0.05, 0) is 36.2 Å². The van der Waals surface area contributed by atoms with E-state index in [0.717, 1.165) is 18.6 Å². The average molecular weight is 371 g/mol. The molecule has 0 radical (unpaired) electrons. The van der Waals surface area contributed by atoms with Crippen molar-refractivity contribution in [1.82, 2.24) is 10.2 Å². The van der Waals surface area contributed by atoms with Gasteiger partial charge in [-0.2, -0.15) is 0 Å². The monoisotopic (exact) mass is 371 g/mol. The van der Waals surface area contributed by atoms with Crippen molar-refractivity contribution < 1.29 is 13.9 Å². The zero-order valence-electron chi connectivity index (χ0n) is 15.7. The SMILES string of the molecule is CCCc1ccc(OCNC(=O)N2CCN(c3ccccc3F)CC2)cc1. The van der Waals surface area contributed by atoms with E-state index in [-0.39, 0.29) is 18.6 Å². The van der Waals surface area contributed by atoms with E-state index in [2.05, 4.69) is 12.2 Å². The summed E-state index contributed by atoms with van der Waals surface area (Å²) in [5.74, 6) is 0.508. The second-order valence-corrected chi connectivity index (χ2v) is 6.59. The van der Waals surface area contributed by atoms with Gasteiger partial charge in [-0.25, -0.2) is 9.18 Å². The Labute approximate surface area is 159 Å². The Hall–Kier alpha value is -2.76. The molecular weight excluding hydrogens is 345 g/mol. The van der Waals surface area contributed by atoms with Crippen LogP contribution in [-0.2, 0) is 6.42 Å². The Morgan fingerprint density at radius 3 is 2.44 bits per heavy atom. The number of anilines is 1. The molecule has 1 fully saturated rings. The van der Waals surface area contributed by atoms with Gasteiger partial charge < -0.3 is 19.9 Å². The molecule has 0 spiro atoms. The van der Waals surface area contributed by atoms with Crippen LogP contribution in [-0.4, -0.2) is 43.8 Å². The van der Waals surface area contributed by atoms with Crippen molar-refractivity contribution in [2.75, 3.05) is 37.8 Å². The average Bonchev–Trinajstić information content (AvgIpc) is 2.70. The molecule has 5 nitrogen and oxygen atoms in total. The zero-order valence-corrected chi connectivity index (χ0v) is 15.7. The van der Waals surface area contributed by atoms with E-state index in [0.29, 0.717) is 31.9 Å². The van der Waals surface area contributed by atoms with Crippen LogP contribution in [0.15, 0.2) is 48.5 Å². The first-order valence-electron chi connectivity index (χ1n) is 9.41. The fourth-order valence-electron chi connectivity index (χ4n) is 3.19. The minimum absolute atomic E-state index is 0.124. The Bertz CT molecular complexity index is 743. The number of halogens is 1. The molecular formula is C21H26FN3O2. The molecule has 2 aromatic carbocycles. The molecule has 6 heteroatoms. The lowest BCUT2D eigenvalue weighted by Gasteiger charge is -2.36. The molecule has 0 atom stereocenters. The van der Waals surface area contributed by atoms with E-state index in [1.807, 2.05) is 35.2 Å². The van der Waals surface area contributed by atoms with Crippen molar-refractivity contribution in [2.24, 2.45) is 0 Å². The number of hydrogen-bond donors (Lipinski definition) is 1. The fourth-order valence-corrected chi connectivity index (χ4v) is 3.19. The highest BCUT2D eigenvalue weighted by atomic mass is 19.1. The van der Waals surface area contributed by atoms with Crippen LogP contribution in [0.3, 0.4) is 0 Å². The predicted molar refractivity (Wildman–Crippen MR) is 105 cm³/mol. The fraction of sp³-hybridized carbons (Fsp3) is 0.381. The summed E-state index contributed by atoms with van der Waals surface area (Å²) in [5.41, 5.74) is 1.87. The molecule has 1 aliphatic rings. The van der Waals surface area contributed by atoms with Crippen LogP contribution in [0, 0.1) is 5.82 Å². The number of amides is 2. The summed E-state index contributed by atoms with van der Waals surface area (Å²) in [6.45, 7) is 4.58. The lowest BCUT2D eigenvalue weighted by atomic mass is 10.1. The molecule has 0 saturated carbocycles. The largest absolute Gasteiger partial charge is 0.473 e. The van der Waals surface area contributed by atoms with Crippen LogP contribution in [0.4, 0.5) is 14.9 Å². The van der Waals surface area contributed by atoms with E-state index in [1.54, 1.807) is 17.0 Å². The van der Waals surface area contributed by atoms with Crippen LogP contribution in [0.5, 0.6) is 5.75 Å². The molecule has 0 bridgehead atoms. The van der Waals surface area contributed by atoms with Gasteiger partial charge >= 0.3 is 6.03 Å². The number of nitrogens with zero attached hydrogens (tertiary/aromatic N) is 2. The molecule has 3 rings (SSSR count). The molecule has 144 valence electrons. The number of hydrogen-bond acceptors (Lipinski definition) is 3. The summed E-state index contributed by atoms with van der Waals surface area (Å²) in [7, 11) is 0. The van der Waals surface area contributed by atoms with Gasteiger partial charge in [0.1, 0.15) is 11.6 Å². The third kappa shape index (κ3) is 5.12. The van der Waals surface area contributed by atoms with Crippen molar-refractivity contribution in [3.8, 4) is 5.75 Å². The van der Waals surface area contributed by atoms with Gasteiger partial charge in [0.05, 0.1) is 5.69 Å². The summed E-state index contributed by atoms with van der Waals surface area (Å²) in [5, 5.41) is 2.78. The number of aryl methyl sites for hydroxylation is 1. The Morgan fingerprint density at radius 2 is 1.78 bits per heavy atom. The number of para-hydroxylation sites is 1. The molecule has 1 N–H and O–H groups in total. The number of urea groups is 1. The number of carbonyl (C=O) groups is 1. The van der Waals surface area contributed by atoms with Gasteiger partial charge in [-0.15, -0.1) is 0 Å². The zero-order chi connectivity index (χ0) is 19.1. The lowest BCUT2D eigenvalue weighted by molar-refractivity contribution is 0.181. The van der Waals surface area contributed by atoms with E-state index in [1.165, 1.54) is 11.6 Å². The maximum Gasteiger partial charge on any atom is 0.320 e. The van der Waals surface area contributed by atoms with Crippen LogP contribution in [0.25, 0.3) is 0 Å². The Morgan fingerprint density at radius 1 is 1.07 bits per heavy atom. The van der Waals surface area contributed by atoms with Gasteiger partial charge in [0.15, 0.2) is 6.73 Å². The molecule has 0 aliphatic carbocycles. The van der Waals surface area contributed by atoms with Crippen molar-refractivity contribution in [3.63, 3.8) is 0 Å². The molecule has 2 amide bonds. The molecule has 1 saturated heterocycles. The minimum atomic E-state index is -0.228. The Kier molecular flexibility index (Phi) is 6.52. The number of nitrogens with one attached hydrogen (secondary N) is 1. The van der Waals surface area contributed by atoms with Crippen molar-refractivity contribution >= 4 is 11.7 Å². The first-order chi connectivity index (χ1) is 13.2. The van der Waals surface area contributed by atoms with Gasteiger partial charge in [0.2, 0.25) is 0 Å². The number of ether oxygens (including phenoxy) is 1. The molecule has 1 aliphatic heterocycles. The lowest BCUT2D eigenvalue weighted by Crippen LogP contribution is -2.52. The van der Waals surface area contributed by atoms with Gasteiger partial charge in [0, 0.05) is 26.2 Å². The molecule has 0 aromatic heterocycles. The third-order valence-corrected chi connectivity index (χ3v) is 4.68. The van der Waals surface area contributed by atoms with Crippen molar-refractivity contribution in [2.45, 2.75) is 19.8 Å². The highest BCUT2D eigenvalue weighted by molar-refractivity contribution is 5.74. The maximum atomic E-state index is 13.9. The quantitative estimate of drug-likeness (QED) is 0.789. The van der Waals surface area contributed by atoms with Crippen molar-refractivity contribution in [3.05, 3.63) is 59.9 Å². The first kappa shape index (κ1) is 19.0. The van der Waals surface area contributed by atoms with Gasteiger partial charge in [0.25, 0.3) is 0 Å². The first-order valence-corrected chi connectivity index (χ1v) is 9.41. The highest BCUT2D eigenvalue weighted by Gasteiger charge is 2.22. The van der Waals surface area contributed by atoms with E-state index >= 15 is 0 Å². The van der Waals surface area contributed by atoms with Crippen LogP contribution in [0.2, 0.25) is 0 Å². The van der Waals surface area contributed by atoms with E-state index in [9.17, 15) is 9.18 Å². The van der Waals surface area contributed by atoms with Crippen LogP contribution in [0.1, 0.15) is 18.9 Å². The normalized spacial score (nSPS) is 14.1. The summed E-state index contributed by atoms with van der Waals surface area (Å²) < 4.78 is 19.5. The van der Waals surface area contributed by atoms with E-state index < -0.39 is 0 Å². The molecule has 2 aromatic rings. The molecule has 1 heterocycles. The number of piperazine rings is 1. The standard InChI is InChI=1S/C21H26FN3O2/c1-2-5-17-8-10-18(11-9-17)27-16-23-21(26)25-14-12-24(13-15-25)20-7-4-3-6-19(20)22/h3-4,6-11H,2,5,12-16H2,1H3,(H,23,26). The summed E-state index contributed by atoms with van der Waals surface area (Å²) in [6, 6.07) is 14.5. The number of benzene rings is 2. The van der Waals surface area contributed by atoms with Crippen LogP contribution < -0.4 is 15.0 Å². The summed E-state index contributed by atoms with van der Waals surface area (Å²) in [6.07, 6.45) is 2.16. The van der Waals surface area contributed by atoms with Crippen LogP contribution >= 0.6 is 0 Å². The van der Waals surface area contributed by atoms with Gasteiger partial charge in [-0.3, -0.25) is 0 Å². The number of rotatable bonds is 6. The summed E-state index contributed by atoms with van der Waals surface area (Å²) >= 11 is 0. The Balaban J connectivity index is 1.41. The number of carbonyl (C=O) groups excluding carboxylic acids is 1. The topological polar surface area (TPSA) is 44.8 Å². The second-order valence-electron chi connectivity index (χ2n) is 6.59. The molecule has 27 heavy (non-hydrogen) atoms.